The largest absolute Gasteiger partial charge is 0.465 e. The van der Waals surface area contributed by atoms with Gasteiger partial charge in [-0.15, -0.1) is 0 Å². The van der Waals surface area contributed by atoms with Gasteiger partial charge in [-0.3, -0.25) is 4.79 Å². The first kappa shape index (κ1) is 15.4. The summed E-state index contributed by atoms with van der Waals surface area (Å²) in [5, 5.41) is 0. The van der Waals surface area contributed by atoms with E-state index in [1.807, 2.05) is 24.3 Å². The van der Waals surface area contributed by atoms with E-state index in [4.69, 9.17) is 4.74 Å². The number of fused-ring (bicyclic) bond motifs is 2. The predicted octanol–water partition coefficient (Wildman–Crippen LogP) is 2.37. The molecule has 0 aliphatic carbocycles. The van der Waals surface area contributed by atoms with E-state index in [-0.39, 0.29) is 11.9 Å². The Kier molecular flexibility index (Phi) is 3.53. The third-order valence-electron chi connectivity index (χ3n) is 4.72. The van der Waals surface area contributed by atoms with Crippen LogP contribution in [0.1, 0.15) is 21.5 Å². The van der Waals surface area contributed by atoms with Gasteiger partial charge in [-0.2, -0.15) is 0 Å². The fraction of sp³-hybridized carbons (Fsp3) is 0.211. The SMILES string of the molecule is COC(=O)c1cccc(N2C(=O)C3Cc4ccccc4CN3C2=O)c1. The van der Waals surface area contributed by atoms with Crippen LogP contribution < -0.4 is 4.90 Å². The van der Waals surface area contributed by atoms with E-state index in [2.05, 4.69) is 0 Å². The summed E-state index contributed by atoms with van der Waals surface area (Å²) in [6.07, 6.45) is 0.508. The molecule has 2 aromatic carbocycles. The van der Waals surface area contributed by atoms with Crippen molar-refractivity contribution in [3.8, 4) is 0 Å². The van der Waals surface area contributed by atoms with Crippen LogP contribution in [-0.2, 0) is 22.5 Å². The number of methoxy groups -OCH3 is 1. The van der Waals surface area contributed by atoms with E-state index in [1.54, 1.807) is 23.1 Å². The van der Waals surface area contributed by atoms with Gasteiger partial charge in [0.15, 0.2) is 0 Å². The molecule has 3 amide bonds. The molecule has 1 atom stereocenters. The van der Waals surface area contributed by atoms with Gasteiger partial charge in [-0.25, -0.2) is 14.5 Å². The summed E-state index contributed by atoms with van der Waals surface area (Å²) in [5.41, 5.74) is 2.84. The van der Waals surface area contributed by atoms with Gasteiger partial charge in [0.25, 0.3) is 5.91 Å². The molecule has 1 unspecified atom stereocenters. The molecule has 126 valence electrons. The maximum Gasteiger partial charge on any atom is 0.337 e. The highest BCUT2D eigenvalue weighted by Crippen LogP contribution is 2.33. The van der Waals surface area contributed by atoms with Gasteiger partial charge in [0.2, 0.25) is 0 Å². The molecule has 2 aliphatic heterocycles. The van der Waals surface area contributed by atoms with E-state index >= 15 is 0 Å². The average molecular weight is 336 g/mol. The van der Waals surface area contributed by atoms with Crippen LogP contribution in [0.25, 0.3) is 0 Å². The van der Waals surface area contributed by atoms with Crippen LogP contribution >= 0.6 is 0 Å². The maximum absolute atomic E-state index is 12.9. The Morgan fingerprint density at radius 2 is 1.84 bits per heavy atom. The molecule has 0 spiro atoms. The number of hydrogen-bond acceptors (Lipinski definition) is 4. The second-order valence-electron chi connectivity index (χ2n) is 6.11. The molecule has 6 heteroatoms. The van der Waals surface area contributed by atoms with Gasteiger partial charge >= 0.3 is 12.0 Å². The monoisotopic (exact) mass is 336 g/mol. The molecular weight excluding hydrogens is 320 g/mol. The second-order valence-corrected chi connectivity index (χ2v) is 6.11. The number of carbonyl (C=O) groups is 3. The lowest BCUT2D eigenvalue weighted by atomic mass is 9.95. The summed E-state index contributed by atoms with van der Waals surface area (Å²) in [6.45, 7) is 0.415. The highest BCUT2D eigenvalue weighted by molar-refractivity contribution is 6.21. The lowest BCUT2D eigenvalue weighted by molar-refractivity contribution is -0.120. The number of ether oxygens (including phenoxy) is 1. The molecule has 0 aromatic heterocycles. The number of imide groups is 1. The van der Waals surface area contributed by atoms with Gasteiger partial charge in [-0.05, 0) is 29.3 Å². The molecule has 2 aromatic rings. The molecule has 1 saturated heterocycles. The number of esters is 1. The van der Waals surface area contributed by atoms with Crippen LogP contribution in [0.2, 0.25) is 0 Å². The summed E-state index contributed by atoms with van der Waals surface area (Å²) in [6, 6.07) is 13.4. The number of anilines is 1. The molecule has 0 N–H and O–H groups in total. The van der Waals surface area contributed by atoms with Crippen molar-refractivity contribution in [3.63, 3.8) is 0 Å². The maximum atomic E-state index is 12.9. The van der Waals surface area contributed by atoms with Crippen LogP contribution in [0.4, 0.5) is 10.5 Å². The zero-order chi connectivity index (χ0) is 17.6. The summed E-state index contributed by atoms with van der Waals surface area (Å²) in [7, 11) is 1.29. The first-order chi connectivity index (χ1) is 12.1. The molecule has 4 rings (SSSR count). The van der Waals surface area contributed by atoms with Crippen LogP contribution in [-0.4, -0.2) is 36.0 Å². The minimum Gasteiger partial charge on any atom is -0.465 e. The molecule has 2 heterocycles. The minimum atomic E-state index is -0.508. The average Bonchev–Trinajstić information content (AvgIpc) is 2.89. The Morgan fingerprint density at radius 1 is 1.08 bits per heavy atom. The Balaban J connectivity index is 1.69. The highest BCUT2D eigenvalue weighted by Gasteiger charge is 2.47. The molecule has 25 heavy (non-hydrogen) atoms. The quantitative estimate of drug-likeness (QED) is 0.624. The van der Waals surface area contributed by atoms with Crippen LogP contribution in [0.15, 0.2) is 48.5 Å². The first-order valence-electron chi connectivity index (χ1n) is 8.00. The number of urea groups is 1. The summed E-state index contributed by atoms with van der Waals surface area (Å²) >= 11 is 0. The van der Waals surface area contributed by atoms with Gasteiger partial charge < -0.3 is 9.64 Å². The number of carbonyl (C=O) groups excluding carboxylic acids is 3. The Labute approximate surface area is 144 Å². The van der Waals surface area contributed by atoms with Crippen molar-refractivity contribution in [2.24, 2.45) is 0 Å². The number of benzene rings is 2. The number of amides is 3. The van der Waals surface area contributed by atoms with Crippen LogP contribution in [0.5, 0.6) is 0 Å². The number of nitrogens with zero attached hydrogens (tertiary/aromatic N) is 2. The standard InChI is InChI=1S/C19H16N2O4/c1-25-18(23)13-7-4-8-15(9-13)21-17(22)16-10-12-5-2-3-6-14(12)11-20(16)19(21)24/h2-9,16H,10-11H2,1H3. The molecule has 0 saturated carbocycles. The van der Waals surface area contributed by atoms with Gasteiger partial charge in [0, 0.05) is 13.0 Å². The topological polar surface area (TPSA) is 66.9 Å². The van der Waals surface area contributed by atoms with E-state index in [0.29, 0.717) is 24.2 Å². The zero-order valence-electron chi connectivity index (χ0n) is 13.6. The lowest BCUT2D eigenvalue weighted by Gasteiger charge is -2.28. The molecular formula is C19H16N2O4. The smallest absolute Gasteiger partial charge is 0.337 e. The summed E-state index contributed by atoms with van der Waals surface area (Å²) in [4.78, 5) is 40.2. The van der Waals surface area contributed by atoms with Crippen molar-refractivity contribution in [2.45, 2.75) is 19.0 Å². The second kappa shape index (κ2) is 5.73. The predicted molar refractivity (Wildman–Crippen MR) is 90.1 cm³/mol. The minimum absolute atomic E-state index is 0.262. The normalized spacial score (nSPS) is 18.8. The van der Waals surface area contributed by atoms with Gasteiger partial charge in [0.05, 0.1) is 18.4 Å². The molecule has 2 aliphatic rings. The molecule has 0 radical (unpaired) electrons. The Morgan fingerprint density at radius 3 is 2.60 bits per heavy atom. The third kappa shape index (κ3) is 2.38. The van der Waals surface area contributed by atoms with Crippen molar-refractivity contribution in [1.82, 2.24) is 4.90 Å². The van der Waals surface area contributed by atoms with Crippen molar-refractivity contribution < 1.29 is 19.1 Å². The third-order valence-corrected chi connectivity index (χ3v) is 4.72. The van der Waals surface area contributed by atoms with Gasteiger partial charge in [-0.1, -0.05) is 30.3 Å². The zero-order valence-corrected chi connectivity index (χ0v) is 13.6. The number of hydrogen-bond donors (Lipinski definition) is 0. The van der Waals surface area contributed by atoms with Crippen LogP contribution in [0.3, 0.4) is 0 Å². The fourth-order valence-corrected chi connectivity index (χ4v) is 3.44. The Hall–Kier alpha value is -3.15. The fourth-order valence-electron chi connectivity index (χ4n) is 3.44. The van der Waals surface area contributed by atoms with Crippen molar-refractivity contribution in [3.05, 3.63) is 65.2 Å². The van der Waals surface area contributed by atoms with Crippen molar-refractivity contribution >= 4 is 23.6 Å². The van der Waals surface area contributed by atoms with Crippen molar-refractivity contribution in [2.75, 3.05) is 12.0 Å². The van der Waals surface area contributed by atoms with Crippen molar-refractivity contribution in [1.29, 1.82) is 0 Å². The molecule has 1 fully saturated rings. The van der Waals surface area contributed by atoms with E-state index < -0.39 is 12.0 Å². The first-order valence-corrected chi connectivity index (χ1v) is 8.00. The van der Waals surface area contributed by atoms with E-state index in [1.165, 1.54) is 13.2 Å². The van der Waals surface area contributed by atoms with E-state index in [9.17, 15) is 14.4 Å². The summed E-state index contributed by atoms with van der Waals surface area (Å²) < 4.78 is 4.71. The highest BCUT2D eigenvalue weighted by atomic mass is 16.5. The Bertz CT molecular complexity index is 849. The van der Waals surface area contributed by atoms with E-state index in [0.717, 1.165) is 16.0 Å². The van der Waals surface area contributed by atoms with Crippen LogP contribution in [0, 0.1) is 0 Å². The van der Waals surface area contributed by atoms with Gasteiger partial charge in [0.1, 0.15) is 6.04 Å². The summed E-state index contributed by atoms with van der Waals surface area (Å²) in [5.74, 6) is -0.771. The molecule has 0 bridgehead atoms. The molecule has 6 nitrogen and oxygen atoms in total. The number of rotatable bonds is 2. The lowest BCUT2D eigenvalue weighted by Crippen LogP contribution is -2.39.